The first kappa shape index (κ1) is 15.1. The first-order valence-electron chi connectivity index (χ1n) is 7.84. The zero-order chi connectivity index (χ0) is 17.2. The zero-order valence-corrected chi connectivity index (χ0v) is 13.2. The smallest absolute Gasteiger partial charge is 0.205 e. The molecule has 25 heavy (non-hydrogen) atoms. The highest BCUT2D eigenvalue weighted by atomic mass is 16.3. The molecule has 1 unspecified atom stereocenters. The molecule has 0 amide bonds. The third-order valence-electron chi connectivity index (χ3n) is 3.96. The number of hydrogen-bond acceptors (Lipinski definition) is 6. The lowest BCUT2D eigenvalue weighted by molar-refractivity contribution is 0.474. The van der Waals surface area contributed by atoms with Crippen molar-refractivity contribution in [2.45, 2.75) is 12.5 Å². The number of phenolic OH excluding ortho intramolecular Hbond substituents is 1. The summed E-state index contributed by atoms with van der Waals surface area (Å²) in [6, 6.07) is 13.4. The Kier molecular flexibility index (Phi) is 3.74. The van der Waals surface area contributed by atoms with Gasteiger partial charge in [0.25, 0.3) is 0 Å². The number of anilines is 1. The van der Waals surface area contributed by atoms with Gasteiger partial charge in [0, 0.05) is 37.2 Å². The lowest BCUT2D eigenvalue weighted by atomic mass is 10.1. The van der Waals surface area contributed by atoms with Crippen LogP contribution in [-0.4, -0.2) is 26.1 Å². The van der Waals surface area contributed by atoms with E-state index < -0.39 is 0 Å². The molecule has 124 valence electrons. The molecule has 7 heteroatoms. The fourth-order valence-electron chi connectivity index (χ4n) is 2.78. The monoisotopic (exact) mass is 333 g/mol. The quantitative estimate of drug-likeness (QED) is 0.795. The number of hydrogen-bond donors (Lipinski definition) is 1. The van der Waals surface area contributed by atoms with Gasteiger partial charge in [-0.15, -0.1) is 0 Å². The Morgan fingerprint density at radius 2 is 2.04 bits per heavy atom. The first-order chi connectivity index (χ1) is 12.2. The van der Waals surface area contributed by atoms with Crippen LogP contribution in [0.5, 0.6) is 5.75 Å². The molecule has 2 aromatic heterocycles. The van der Waals surface area contributed by atoms with Crippen LogP contribution in [0.4, 0.5) is 5.82 Å². The van der Waals surface area contributed by atoms with Gasteiger partial charge >= 0.3 is 0 Å². The molecule has 0 spiro atoms. The van der Waals surface area contributed by atoms with Crippen LogP contribution in [-0.2, 0) is 0 Å². The van der Waals surface area contributed by atoms with Crippen molar-refractivity contribution in [3.8, 4) is 11.4 Å². The van der Waals surface area contributed by atoms with E-state index >= 15 is 0 Å². The van der Waals surface area contributed by atoms with Crippen molar-refractivity contribution in [3.05, 3.63) is 76.8 Å². The molecule has 1 aliphatic rings. The minimum atomic E-state index is -0.313. The molecular formula is C18H15N5O2. The van der Waals surface area contributed by atoms with Gasteiger partial charge in [-0.3, -0.25) is 4.79 Å². The minimum Gasteiger partial charge on any atom is -0.508 e. The zero-order valence-electron chi connectivity index (χ0n) is 13.2. The SMILES string of the molecule is O=c1ccn(-c2cccc(O)c2)nc1C1CC=NN1c1ccccn1. The largest absolute Gasteiger partial charge is 0.508 e. The molecule has 4 rings (SSSR count). The number of aromatic hydroxyl groups is 1. The van der Waals surface area contributed by atoms with E-state index in [-0.39, 0.29) is 17.2 Å². The van der Waals surface area contributed by atoms with Crippen molar-refractivity contribution in [3.63, 3.8) is 0 Å². The predicted molar refractivity (Wildman–Crippen MR) is 94.1 cm³/mol. The Morgan fingerprint density at radius 1 is 1.12 bits per heavy atom. The second-order valence-corrected chi connectivity index (χ2v) is 5.61. The lowest BCUT2D eigenvalue weighted by Crippen LogP contribution is -2.27. The maximum atomic E-state index is 12.4. The van der Waals surface area contributed by atoms with E-state index in [4.69, 9.17) is 0 Å². The molecular weight excluding hydrogens is 318 g/mol. The molecule has 0 saturated heterocycles. The summed E-state index contributed by atoms with van der Waals surface area (Å²) in [6.45, 7) is 0. The van der Waals surface area contributed by atoms with Crippen LogP contribution >= 0.6 is 0 Å². The molecule has 7 nitrogen and oxygen atoms in total. The summed E-state index contributed by atoms with van der Waals surface area (Å²) >= 11 is 0. The molecule has 0 saturated carbocycles. The Labute approximate surface area is 143 Å². The number of pyridine rings is 1. The summed E-state index contributed by atoms with van der Waals surface area (Å²) in [5.74, 6) is 0.800. The van der Waals surface area contributed by atoms with E-state index in [1.165, 1.54) is 6.07 Å². The number of nitrogens with zero attached hydrogens (tertiary/aromatic N) is 5. The molecule has 0 fully saturated rings. The summed E-state index contributed by atoms with van der Waals surface area (Å²) in [5.41, 5.74) is 0.895. The van der Waals surface area contributed by atoms with E-state index in [1.807, 2.05) is 24.3 Å². The van der Waals surface area contributed by atoms with Gasteiger partial charge in [-0.25, -0.2) is 14.7 Å². The minimum absolute atomic E-state index is 0.138. The van der Waals surface area contributed by atoms with Gasteiger partial charge in [0.2, 0.25) is 5.43 Å². The number of aromatic nitrogens is 3. The second-order valence-electron chi connectivity index (χ2n) is 5.61. The van der Waals surface area contributed by atoms with Gasteiger partial charge in [0.15, 0.2) is 0 Å². The van der Waals surface area contributed by atoms with Gasteiger partial charge in [-0.05, 0) is 24.3 Å². The Balaban J connectivity index is 1.75. The van der Waals surface area contributed by atoms with E-state index in [1.54, 1.807) is 46.5 Å². The summed E-state index contributed by atoms with van der Waals surface area (Å²) in [6.07, 6.45) is 5.60. The van der Waals surface area contributed by atoms with E-state index in [0.717, 1.165) is 0 Å². The fraction of sp³-hybridized carbons (Fsp3) is 0.111. The van der Waals surface area contributed by atoms with Crippen molar-refractivity contribution >= 4 is 12.0 Å². The molecule has 3 heterocycles. The molecule has 1 atom stereocenters. The van der Waals surface area contributed by atoms with Crippen molar-refractivity contribution in [2.24, 2.45) is 5.10 Å². The second kappa shape index (κ2) is 6.20. The standard InChI is InChI=1S/C18H15N5O2/c24-14-5-3-4-13(12-14)22-11-8-16(25)18(21-22)15-7-10-20-23(15)17-6-1-2-9-19-17/h1-6,8-12,15,24H,7H2. The highest BCUT2D eigenvalue weighted by Gasteiger charge is 2.28. The van der Waals surface area contributed by atoms with Crippen LogP contribution in [0.15, 0.2) is 70.8 Å². The molecule has 1 N–H and O–H groups in total. The highest BCUT2D eigenvalue weighted by molar-refractivity contribution is 5.66. The normalized spacial score (nSPS) is 16.3. The molecule has 0 bridgehead atoms. The Morgan fingerprint density at radius 3 is 2.84 bits per heavy atom. The molecule has 3 aromatic rings. The molecule has 0 radical (unpaired) electrons. The van der Waals surface area contributed by atoms with Gasteiger partial charge in [-0.1, -0.05) is 12.1 Å². The van der Waals surface area contributed by atoms with Gasteiger partial charge < -0.3 is 5.11 Å². The summed E-state index contributed by atoms with van der Waals surface area (Å²) in [7, 11) is 0. The summed E-state index contributed by atoms with van der Waals surface area (Å²) < 4.78 is 1.57. The van der Waals surface area contributed by atoms with Crippen LogP contribution < -0.4 is 10.4 Å². The number of phenols is 1. The predicted octanol–water partition coefficient (Wildman–Crippen LogP) is 2.27. The van der Waals surface area contributed by atoms with Crippen molar-refractivity contribution in [1.29, 1.82) is 0 Å². The maximum Gasteiger partial charge on any atom is 0.205 e. The van der Waals surface area contributed by atoms with Gasteiger partial charge in [0.1, 0.15) is 23.3 Å². The summed E-state index contributed by atoms with van der Waals surface area (Å²) in [4.78, 5) is 16.7. The molecule has 1 aromatic carbocycles. The van der Waals surface area contributed by atoms with E-state index in [9.17, 15) is 9.90 Å². The Bertz CT molecular complexity index is 984. The average molecular weight is 333 g/mol. The highest BCUT2D eigenvalue weighted by Crippen LogP contribution is 2.29. The van der Waals surface area contributed by atoms with Crippen LogP contribution in [0.25, 0.3) is 5.69 Å². The van der Waals surface area contributed by atoms with Crippen LogP contribution in [0, 0.1) is 0 Å². The van der Waals surface area contributed by atoms with Crippen molar-refractivity contribution in [2.75, 3.05) is 5.01 Å². The number of hydrazone groups is 1. The van der Waals surface area contributed by atoms with Gasteiger partial charge in [0.05, 0.1) is 5.69 Å². The summed E-state index contributed by atoms with van der Waals surface area (Å²) in [5, 5.41) is 20.2. The van der Waals surface area contributed by atoms with Crippen LogP contribution in [0.1, 0.15) is 18.2 Å². The van der Waals surface area contributed by atoms with Crippen molar-refractivity contribution in [1.82, 2.24) is 14.8 Å². The lowest BCUT2D eigenvalue weighted by Gasteiger charge is -2.22. The number of benzene rings is 1. The number of rotatable bonds is 3. The van der Waals surface area contributed by atoms with Gasteiger partial charge in [-0.2, -0.15) is 10.2 Å². The van der Waals surface area contributed by atoms with Crippen LogP contribution in [0.3, 0.4) is 0 Å². The third-order valence-corrected chi connectivity index (χ3v) is 3.96. The fourth-order valence-corrected chi connectivity index (χ4v) is 2.78. The van der Waals surface area contributed by atoms with Crippen molar-refractivity contribution < 1.29 is 5.11 Å². The third kappa shape index (κ3) is 2.87. The van der Waals surface area contributed by atoms with Crippen LogP contribution in [0.2, 0.25) is 0 Å². The topological polar surface area (TPSA) is 83.6 Å². The molecule has 1 aliphatic heterocycles. The molecule has 0 aliphatic carbocycles. The Hall–Kier alpha value is -3.48. The maximum absolute atomic E-state index is 12.4. The first-order valence-corrected chi connectivity index (χ1v) is 7.84. The van der Waals surface area contributed by atoms with E-state index in [0.29, 0.717) is 23.6 Å². The average Bonchev–Trinajstić information content (AvgIpc) is 3.12. The van der Waals surface area contributed by atoms with E-state index in [2.05, 4.69) is 15.2 Å².